The van der Waals surface area contributed by atoms with E-state index in [4.69, 9.17) is 0 Å². The van der Waals surface area contributed by atoms with Crippen molar-refractivity contribution < 1.29 is 4.48 Å². The molecule has 15 heavy (non-hydrogen) atoms. The fourth-order valence-electron chi connectivity index (χ4n) is 1.36. The lowest BCUT2D eigenvalue weighted by molar-refractivity contribution is -0.881. The van der Waals surface area contributed by atoms with Crippen LogP contribution in [0.25, 0.3) is 6.08 Å². The van der Waals surface area contributed by atoms with Gasteiger partial charge < -0.3 is 4.48 Å². The van der Waals surface area contributed by atoms with E-state index in [1.807, 2.05) is 6.07 Å². The minimum atomic E-state index is 1.02. The van der Waals surface area contributed by atoms with E-state index in [0.29, 0.717) is 0 Å². The summed E-state index contributed by atoms with van der Waals surface area (Å²) in [4.78, 5) is 0. The minimum absolute atomic E-state index is 1.02. The summed E-state index contributed by atoms with van der Waals surface area (Å²) in [6, 6.07) is 10.4. The largest absolute Gasteiger partial charge is 0.325 e. The molecule has 0 aliphatic heterocycles. The molecule has 1 aromatic carbocycles. The highest BCUT2D eigenvalue weighted by atomic mass is 79.9. The van der Waals surface area contributed by atoms with Crippen LogP contribution >= 0.6 is 15.9 Å². The summed E-state index contributed by atoms with van der Waals surface area (Å²) in [5.74, 6) is 0. The maximum Gasteiger partial charge on any atom is 0.0973 e. The van der Waals surface area contributed by atoms with Gasteiger partial charge in [-0.1, -0.05) is 52.3 Å². The first kappa shape index (κ1) is 12.5. The summed E-state index contributed by atoms with van der Waals surface area (Å²) in [7, 11) is 4.49. The summed E-state index contributed by atoms with van der Waals surface area (Å²) in [6.45, 7) is 2.22. The number of hydrogen-bond acceptors (Lipinski definition) is 0. The van der Waals surface area contributed by atoms with Gasteiger partial charge in [-0.15, -0.1) is 0 Å². The lowest BCUT2D eigenvalue weighted by Crippen LogP contribution is -2.41. The van der Waals surface area contributed by atoms with Gasteiger partial charge in [0.1, 0.15) is 0 Å². The Morgan fingerprint density at radius 1 is 1.20 bits per heavy atom. The van der Waals surface area contributed by atoms with Gasteiger partial charge in [-0.05, 0) is 11.6 Å². The van der Waals surface area contributed by atoms with Crippen LogP contribution in [0, 0.1) is 0 Å². The summed E-state index contributed by atoms with van der Waals surface area (Å²) in [5, 5.41) is 1.05. The smallest absolute Gasteiger partial charge is 0.0973 e. The van der Waals surface area contributed by atoms with Crippen molar-refractivity contribution in [2.45, 2.75) is 0 Å². The van der Waals surface area contributed by atoms with E-state index in [0.717, 1.165) is 22.9 Å². The maximum absolute atomic E-state index is 3.48. The SMILES string of the molecule is C[N+](C)(C/C=C/c1ccccc1)CCBr. The Morgan fingerprint density at radius 3 is 2.47 bits per heavy atom. The van der Waals surface area contributed by atoms with E-state index >= 15 is 0 Å². The molecule has 0 aromatic heterocycles. The maximum atomic E-state index is 3.48. The van der Waals surface area contributed by atoms with Gasteiger partial charge in [-0.25, -0.2) is 0 Å². The number of likely N-dealkylation sites (N-methyl/N-ethyl adjacent to an activating group) is 1. The third kappa shape index (κ3) is 5.14. The normalized spacial score (nSPS) is 12.2. The van der Waals surface area contributed by atoms with Gasteiger partial charge in [0.25, 0.3) is 0 Å². The quantitative estimate of drug-likeness (QED) is 0.569. The van der Waals surface area contributed by atoms with Crippen LogP contribution in [0.3, 0.4) is 0 Å². The van der Waals surface area contributed by atoms with Gasteiger partial charge in [0, 0.05) is 0 Å². The van der Waals surface area contributed by atoms with Crippen LogP contribution in [-0.4, -0.2) is 37.0 Å². The summed E-state index contributed by atoms with van der Waals surface area (Å²) < 4.78 is 1.02. The van der Waals surface area contributed by atoms with Crippen molar-refractivity contribution in [2.24, 2.45) is 0 Å². The molecule has 0 saturated heterocycles. The number of hydrogen-bond donors (Lipinski definition) is 0. The van der Waals surface area contributed by atoms with Crippen molar-refractivity contribution in [1.29, 1.82) is 0 Å². The molecule has 0 atom stereocenters. The highest BCUT2D eigenvalue weighted by molar-refractivity contribution is 9.09. The van der Waals surface area contributed by atoms with E-state index in [1.54, 1.807) is 0 Å². The molecule has 0 aliphatic carbocycles. The Bertz CT molecular complexity index is 304. The monoisotopic (exact) mass is 268 g/mol. The third-order valence-corrected chi connectivity index (χ3v) is 2.75. The van der Waals surface area contributed by atoms with Crippen molar-refractivity contribution in [3.63, 3.8) is 0 Å². The number of benzene rings is 1. The van der Waals surface area contributed by atoms with E-state index in [-0.39, 0.29) is 0 Å². The van der Waals surface area contributed by atoms with Gasteiger partial charge in [-0.3, -0.25) is 0 Å². The van der Waals surface area contributed by atoms with Crippen LogP contribution in [0.5, 0.6) is 0 Å². The number of alkyl halides is 1. The molecule has 0 aliphatic rings. The van der Waals surface area contributed by atoms with Crippen molar-refractivity contribution in [3.8, 4) is 0 Å². The summed E-state index contributed by atoms with van der Waals surface area (Å²) >= 11 is 3.48. The average Bonchev–Trinajstić information content (AvgIpc) is 2.19. The van der Waals surface area contributed by atoms with E-state index in [9.17, 15) is 0 Å². The summed E-state index contributed by atoms with van der Waals surface area (Å²) in [6.07, 6.45) is 4.44. The Kier molecular flexibility index (Phi) is 5.06. The molecule has 1 rings (SSSR count). The van der Waals surface area contributed by atoms with Crippen LogP contribution in [0.2, 0.25) is 0 Å². The van der Waals surface area contributed by atoms with E-state index < -0.39 is 0 Å². The first-order valence-electron chi connectivity index (χ1n) is 5.24. The molecule has 0 fully saturated rings. The molecule has 0 radical (unpaired) electrons. The van der Waals surface area contributed by atoms with Gasteiger partial charge in [0.15, 0.2) is 0 Å². The first-order chi connectivity index (χ1) is 7.14. The standard InChI is InChI=1S/C13H19BrN/c1-15(2,12-10-14)11-6-9-13-7-4-3-5-8-13/h3-9H,10-12H2,1-2H3/q+1/b9-6+. The number of rotatable bonds is 5. The Balaban J connectivity index is 2.46. The molecule has 0 N–H and O–H groups in total. The second-order valence-electron chi connectivity index (χ2n) is 4.34. The Labute approximate surface area is 101 Å². The Morgan fingerprint density at radius 2 is 1.87 bits per heavy atom. The fourth-order valence-corrected chi connectivity index (χ4v) is 2.32. The molecular formula is C13H19BrN+. The van der Waals surface area contributed by atoms with Crippen LogP contribution in [0.4, 0.5) is 0 Å². The van der Waals surface area contributed by atoms with Gasteiger partial charge in [0.05, 0.1) is 32.5 Å². The first-order valence-corrected chi connectivity index (χ1v) is 6.36. The number of nitrogens with zero attached hydrogens (tertiary/aromatic N) is 1. The van der Waals surface area contributed by atoms with Crippen molar-refractivity contribution in [2.75, 3.05) is 32.5 Å². The van der Waals surface area contributed by atoms with Crippen LogP contribution in [0.1, 0.15) is 5.56 Å². The molecule has 0 unspecified atom stereocenters. The second kappa shape index (κ2) is 6.09. The van der Waals surface area contributed by atoms with Gasteiger partial charge >= 0.3 is 0 Å². The molecule has 2 heteroatoms. The number of halogens is 1. The number of quaternary nitrogens is 1. The predicted octanol–water partition coefficient (Wildman–Crippen LogP) is 3.17. The molecule has 82 valence electrons. The van der Waals surface area contributed by atoms with Crippen LogP contribution in [-0.2, 0) is 0 Å². The zero-order valence-electron chi connectivity index (χ0n) is 9.49. The van der Waals surface area contributed by atoms with E-state index in [1.165, 1.54) is 5.56 Å². The topological polar surface area (TPSA) is 0 Å². The fraction of sp³-hybridized carbons (Fsp3) is 0.385. The van der Waals surface area contributed by atoms with Gasteiger partial charge in [0.2, 0.25) is 0 Å². The molecule has 0 heterocycles. The Hall–Kier alpha value is -0.600. The third-order valence-electron chi connectivity index (χ3n) is 2.40. The lowest BCUT2D eigenvalue weighted by Gasteiger charge is -2.27. The zero-order valence-corrected chi connectivity index (χ0v) is 11.1. The van der Waals surface area contributed by atoms with Crippen LogP contribution < -0.4 is 0 Å². The molecule has 0 bridgehead atoms. The van der Waals surface area contributed by atoms with Crippen molar-refractivity contribution >= 4 is 22.0 Å². The molecule has 0 saturated carbocycles. The van der Waals surface area contributed by atoms with E-state index in [2.05, 4.69) is 66.4 Å². The molecule has 1 aromatic rings. The lowest BCUT2D eigenvalue weighted by atomic mass is 10.2. The van der Waals surface area contributed by atoms with Crippen molar-refractivity contribution in [1.82, 2.24) is 0 Å². The molecule has 0 spiro atoms. The summed E-state index contributed by atoms with van der Waals surface area (Å²) in [5.41, 5.74) is 1.27. The minimum Gasteiger partial charge on any atom is -0.325 e. The molecule has 1 nitrogen and oxygen atoms in total. The predicted molar refractivity (Wildman–Crippen MR) is 71.1 cm³/mol. The van der Waals surface area contributed by atoms with Crippen molar-refractivity contribution in [3.05, 3.63) is 42.0 Å². The second-order valence-corrected chi connectivity index (χ2v) is 5.14. The highest BCUT2D eigenvalue weighted by Crippen LogP contribution is 2.03. The zero-order chi connectivity index (χ0) is 11.1. The molecular weight excluding hydrogens is 250 g/mol. The molecule has 0 amide bonds. The average molecular weight is 269 g/mol. The van der Waals surface area contributed by atoms with Crippen LogP contribution in [0.15, 0.2) is 36.4 Å². The highest BCUT2D eigenvalue weighted by Gasteiger charge is 2.10. The van der Waals surface area contributed by atoms with Gasteiger partial charge in [-0.2, -0.15) is 0 Å².